The van der Waals surface area contributed by atoms with Crippen molar-refractivity contribution in [2.24, 2.45) is 5.73 Å². The lowest BCUT2D eigenvalue weighted by Crippen LogP contribution is -2.35. The second-order valence-corrected chi connectivity index (χ2v) is 5.48. The fourth-order valence-corrected chi connectivity index (χ4v) is 2.49. The highest BCUT2D eigenvalue weighted by atomic mass is 16.2. The molecule has 0 saturated carbocycles. The molecule has 120 valence electrons. The average molecular weight is 311 g/mol. The molecule has 5 nitrogen and oxygen atoms in total. The summed E-state index contributed by atoms with van der Waals surface area (Å²) in [5.41, 5.74) is 8.87. The van der Waals surface area contributed by atoms with Crippen molar-refractivity contribution in [2.75, 3.05) is 5.32 Å². The van der Waals surface area contributed by atoms with E-state index in [0.29, 0.717) is 0 Å². The van der Waals surface area contributed by atoms with E-state index in [2.05, 4.69) is 10.6 Å². The zero-order valence-corrected chi connectivity index (χ0v) is 13.3. The number of aryl methyl sites for hydroxylation is 2. The van der Waals surface area contributed by atoms with Crippen molar-refractivity contribution in [1.29, 1.82) is 0 Å². The van der Waals surface area contributed by atoms with Crippen LogP contribution in [0.4, 0.5) is 10.5 Å². The summed E-state index contributed by atoms with van der Waals surface area (Å²) >= 11 is 0. The summed E-state index contributed by atoms with van der Waals surface area (Å²) in [6.45, 7) is 3.86. The topological polar surface area (TPSA) is 84.2 Å². The van der Waals surface area contributed by atoms with Gasteiger partial charge in [-0.25, -0.2) is 4.79 Å². The minimum absolute atomic E-state index is 0.113. The monoisotopic (exact) mass is 311 g/mol. The maximum atomic E-state index is 12.3. The van der Waals surface area contributed by atoms with Gasteiger partial charge in [0.15, 0.2) is 0 Å². The third-order valence-corrected chi connectivity index (χ3v) is 3.69. The number of benzene rings is 2. The molecule has 2 rings (SSSR count). The summed E-state index contributed by atoms with van der Waals surface area (Å²) in [6.07, 6.45) is 0.113. The van der Waals surface area contributed by atoms with Crippen LogP contribution in [0.15, 0.2) is 48.5 Å². The number of hydrogen-bond donors (Lipinski definition) is 3. The number of primary amides is 1. The largest absolute Gasteiger partial charge is 0.352 e. The molecule has 0 heterocycles. The molecule has 0 bridgehead atoms. The van der Waals surface area contributed by atoms with E-state index in [9.17, 15) is 9.59 Å². The van der Waals surface area contributed by atoms with E-state index < -0.39 is 12.1 Å². The maximum absolute atomic E-state index is 12.3. The summed E-state index contributed by atoms with van der Waals surface area (Å²) in [7, 11) is 0. The van der Waals surface area contributed by atoms with Crippen molar-refractivity contribution in [3.05, 3.63) is 65.2 Å². The van der Waals surface area contributed by atoms with Gasteiger partial charge in [0.05, 0.1) is 12.5 Å². The van der Waals surface area contributed by atoms with Gasteiger partial charge in [-0.15, -0.1) is 0 Å². The van der Waals surface area contributed by atoms with Crippen LogP contribution in [0.5, 0.6) is 0 Å². The van der Waals surface area contributed by atoms with E-state index in [-0.39, 0.29) is 12.3 Å². The number of para-hydroxylation sites is 1. The fourth-order valence-electron chi connectivity index (χ4n) is 2.49. The highest BCUT2D eigenvalue weighted by Crippen LogP contribution is 2.22. The molecule has 0 fully saturated rings. The first-order valence-corrected chi connectivity index (χ1v) is 7.44. The number of carbonyl (C=O) groups excluding carboxylic acids is 2. The third kappa shape index (κ3) is 4.57. The van der Waals surface area contributed by atoms with Crippen LogP contribution in [0, 0.1) is 13.8 Å². The number of nitrogens with one attached hydrogen (secondary N) is 2. The lowest BCUT2D eigenvalue weighted by Gasteiger charge is -2.20. The molecule has 0 unspecified atom stereocenters. The van der Waals surface area contributed by atoms with Crippen LogP contribution in [-0.4, -0.2) is 11.9 Å². The predicted molar refractivity (Wildman–Crippen MR) is 91.1 cm³/mol. The number of nitrogens with two attached hydrogens (primary N) is 1. The normalized spacial score (nSPS) is 11.6. The number of anilines is 1. The van der Waals surface area contributed by atoms with Gasteiger partial charge >= 0.3 is 6.03 Å². The first kappa shape index (κ1) is 16.5. The molecular weight excluding hydrogens is 290 g/mol. The Balaban J connectivity index is 2.15. The molecule has 2 aromatic carbocycles. The van der Waals surface area contributed by atoms with Crippen molar-refractivity contribution < 1.29 is 9.59 Å². The number of hydrogen-bond acceptors (Lipinski definition) is 2. The molecule has 0 radical (unpaired) electrons. The van der Waals surface area contributed by atoms with E-state index >= 15 is 0 Å². The Labute approximate surface area is 135 Å². The van der Waals surface area contributed by atoms with E-state index in [0.717, 1.165) is 22.4 Å². The van der Waals surface area contributed by atoms with E-state index in [4.69, 9.17) is 5.73 Å². The Morgan fingerprint density at radius 2 is 1.61 bits per heavy atom. The van der Waals surface area contributed by atoms with Crippen LogP contribution in [0.2, 0.25) is 0 Å². The molecule has 5 heteroatoms. The summed E-state index contributed by atoms with van der Waals surface area (Å²) in [5, 5.41) is 5.52. The first-order chi connectivity index (χ1) is 11.0. The average Bonchev–Trinajstić information content (AvgIpc) is 2.49. The van der Waals surface area contributed by atoms with Gasteiger partial charge in [-0.3, -0.25) is 4.79 Å². The van der Waals surface area contributed by atoms with Gasteiger partial charge in [-0.1, -0.05) is 42.5 Å². The smallest absolute Gasteiger partial charge is 0.312 e. The van der Waals surface area contributed by atoms with Crippen molar-refractivity contribution in [1.82, 2.24) is 5.32 Å². The molecule has 2 aromatic rings. The van der Waals surface area contributed by atoms with Gasteiger partial charge in [0, 0.05) is 5.69 Å². The first-order valence-electron chi connectivity index (χ1n) is 7.44. The van der Waals surface area contributed by atoms with Crippen LogP contribution in [0.1, 0.15) is 29.2 Å². The molecule has 0 aliphatic carbocycles. The predicted octanol–water partition coefficient (Wildman–Crippen LogP) is 3.04. The summed E-state index contributed by atoms with van der Waals surface area (Å²) in [5.74, 6) is -0.179. The molecule has 0 saturated heterocycles. The summed E-state index contributed by atoms with van der Waals surface area (Å²) in [6, 6.07) is 14.0. The highest BCUT2D eigenvalue weighted by molar-refractivity contribution is 5.92. The second-order valence-electron chi connectivity index (χ2n) is 5.48. The second kappa shape index (κ2) is 7.45. The highest BCUT2D eigenvalue weighted by Gasteiger charge is 2.19. The Kier molecular flexibility index (Phi) is 5.36. The van der Waals surface area contributed by atoms with Gasteiger partial charge in [0.2, 0.25) is 5.91 Å². The lowest BCUT2D eigenvalue weighted by atomic mass is 9.98. The van der Waals surface area contributed by atoms with Crippen molar-refractivity contribution in [2.45, 2.75) is 26.3 Å². The van der Waals surface area contributed by atoms with Crippen molar-refractivity contribution in [3.8, 4) is 0 Å². The van der Waals surface area contributed by atoms with E-state index in [1.165, 1.54) is 0 Å². The van der Waals surface area contributed by atoms with Crippen molar-refractivity contribution >= 4 is 17.6 Å². The third-order valence-electron chi connectivity index (χ3n) is 3.69. The Morgan fingerprint density at radius 3 is 2.22 bits per heavy atom. The van der Waals surface area contributed by atoms with Gasteiger partial charge < -0.3 is 16.4 Å². The molecule has 0 spiro atoms. The van der Waals surface area contributed by atoms with Crippen LogP contribution < -0.4 is 16.4 Å². The van der Waals surface area contributed by atoms with Crippen LogP contribution >= 0.6 is 0 Å². The number of amides is 3. The number of carbonyl (C=O) groups is 2. The molecule has 23 heavy (non-hydrogen) atoms. The van der Waals surface area contributed by atoms with Gasteiger partial charge in [-0.05, 0) is 36.6 Å². The van der Waals surface area contributed by atoms with Crippen LogP contribution in [0.25, 0.3) is 0 Å². The standard InChI is InChI=1S/C18H21N3O2/c1-12-7-3-5-9-14(12)16(21-18(19)23)11-17(22)20-15-10-6-4-8-13(15)2/h3-10,16H,11H2,1-2H3,(H,20,22)(H3,19,21,23)/t16-/m1/s1. The van der Waals surface area contributed by atoms with Crippen molar-refractivity contribution in [3.63, 3.8) is 0 Å². The zero-order valence-electron chi connectivity index (χ0n) is 13.3. The maximum Gasteiger partial charge on any atom is 0.312 e. The molecule has 0 aliphatic heterocycles. The minimum atomic E-state index is -0.651. The van der Waals surface area contributed by atoms with E-state index in [1.54, 1.807) is 0 Å². The molecule has 0 aromatic heterocycles. The molecule has 1 atom stereocenters. The zero-order chi connectivity index (χ0) is 16.8. The van der Waals surface area contributed by atoms with Gasteiger partial charge in [0.1, 0.15) is 0 Å². The van der Waals surface area contributed by atoms with Crippen LogP contribution in [-0.2, 0) is 4.79 Å². The Bertz CT molecular complexity index is 713. The quantitative estimate of drug-likeness (QED) is 0.793. The summed E-state index contributed by atoms with van der Waals surface area (Å²) < 4.78 is 0. The fraction of sp³-hybridized carbons (Fsp3) is 0.222. The van der Waals surface area contributed by atoms with Crippen LogP contribution in [0.3, 0.4) is 0 Å². The molecule has 0 aliphatic rings. The molecule has 4 N–H and O–H groups in total. The van der Waals surface area contributed by atoms with Gasteiger partial charge in [-0.2, -0.15) is 0 Å². The molecular formula is C18H21N3O2. The Morgan fingerprint density at radius 1 is 1.00 bits per heavy atom. The number of rotatable bonds is 5. The van der Waals surface area contributed by atoms with E-state index in [1.807, 2.05) is 62.4 Å². The number of urea groups is 1. The minimum Gasteiger partial charge on any atom is -0.352 e. The van der Waals surface area contributed by atoms with Gasteiger partial charge in [0.25, 0.3) is 0 Å². The summed E-state index contributed by atoms with van der Waals surface area (Å²) in [4.78, 5) is 23.6. The SMILES string of the molecule is Cc1ccccc1NC(=O)C[C@@H](NC(N)=O)c1ccccc1C. The molecule has 3 amide bonds. The Hall–Kier alpha value is -2.82. The lowest BCUT2D eigenvalue weighted by molar-refractivity contribution is -0.116.